The lowest BCUT2D eigenvalue weighted by molar-refractivity contribution is -0.134. The lowest BCUT2D eigenvalue weighted by atomic mass is 9.89. The minimum Gasteiger partial charge on any atom is -0.478 e. The number of aryl methyl sites for hydroxylation is 2. The van der Waals surface area contributed by atoms with E-state index in [1.165, 1.54) is 28.0 Å². The summed E-state index contributed by atoms with van der Waals surface area (Å²) in [5, 5.41) is 31.2. The largest absolute Gasteiger partial charge is 0.478 e. The second-order valence-electron chi connectivity index (χ2n) is 8.47. The van der Waals surface area contributed by atoms with Crippen LogP contribution >= 0.6 is 0 Å². The molecule has 2 aromatic rings. The minimum atomic E-state index is -1.26. The van der Waals surface area contributed by atoms with Crippen LogP contribution in [0.3, 0.4) is 0 Å². The summed E-state index contributed by atoms with van der Waals surface area (Å²) in [4.78, 5) is 45.4. The zero-order valence-electron chi connectivity index (χ0n) is 20.9. The van der Waals surface area contributed by atoms with Gasteiger partial charge < -0.3 is 25.3 Å². The molecule has 0 atom stereocenters. The number of carboxylic acids is 4. The predicted octanol–water partition coefficient (Wildman–Crippen LogP) is 3.13. The van der Waals surface area contributed by atoms with Gasteiger partial charge in [0.2, 0.25) is 0 Å². The van der Waals surface area contributed by atoms with Crippen molar-refractivity contribution in [1.29, 1.82) is 0 Å². The molecule has 1 aromatic carbocycles. The molecule has 200 valence electrons. The van der Waals surface area contributed by atoms with Gasteiger partial charge in [-0.15, -0.1) is 0 Å². The number of carboxylic acid groups (broad SMARTS) is 4. The number of benzene rings is 1. The predicted molar refractivity (Wildman–Crippen MR) is 140 cm³/mol. The SMILES string of the molecule is CN1CCC(=C2c3ccccc3CCc3cccnc32)CC1.O=C(O)/C=C/C(=O)O.O=C(O)/C=C/C(=O)O. The highest BCUT2D eigenvalue weighted by atomic mass is 16.4. The quantitative estimate of drug-likeness (QED) is 0.438. The first-order chi connectivity index (χ1) is 18.1. The van der Waals surface area contributed by atoms with Crippen molar-refractivity contribution in [3.8, 4) is 0 Å². The first-order valence-corrected chi connectivity index (χ1v) is 11.8. The number of aliphatic carboxylic acids is 4. The number of piperidine rings is 1. The molecular weight excluding hydrogens is 492 g/mol. The van der Waals surface area contributed by atoms with Crippen LogP contribution in [-0.4, -0.2) is 74.3 Å². The summed E-state index contributed by atoms with van der Waals surface area (Å²) in [6.45, 7) is 2.31. The second kappa shape index (κ2) is 14.9. The smallest absolute Gasteiger partial charge is 0.328 e. The van der Waals surface area contributed by atoms with Crippen molar-refractivity contribution < 1.29 is 39.6 Å². The Morgan fingerprint density at radius 1 is 0.711 bits per heavy atom. The van der Waals surface area contributed by atoms with E-state index in [0.717, 1.165) is 38.8 Å². The molecule has 2 heterocycles. The van der Waals surface area contributed by atoms with E-state index >= 15 is 0 Å². The highest BCUT2D eigenvalue weighted by molar-refractivity contribution is 5.90. The number of nitrogens with zero attached hydrogens (tertiary/aromatic N) is 2. The van der Waals surface area contributed by atoms with Crippen molar-refractivity contribution in [2.24, 2.45) is 0 Å². The topological polar surface area (TPSA) is 165 Å². The lowest BCUT2D eigenvalue weighted by Crippen LogP contribution is -2.27. The number of hydrogen-bond acceptors (Lipinski definition) is 6. The molecule has 1 fully saturated rings. The molecule has 0 radical (unpaired) electrons. The van der Waals surface area contributed by atoms with E-state index in [4.69, 9.17) is 25.4 Å². The fourth-order valence-electron chi connectivity index (χ4n) is 4.03. The van der Waals surface area contributed by atoms with Gasteiger partial charge in [-0.3, -0.25) is 4.98 Å². The van der Waals surface area contributed by atoms with Crippen LogP contribution in [0.25, 0.3) is 5.57 Å². The number of fused-ring (bicyclic) bond motifs is 2. The molecule has 10 nitrogen and oxygen atoms in total. The molecule has 0 unspecified atom stereocenters. The number of pyridine rings is 1. The monoisotopic (exact) mass is 522 g/mol. The van der Waals surface area contributed by atoms with Crippen LogP contribution in [0.5, 0.6) is 0 Å². The van der Waals surface area contributed by atoms with E-state index in [2.05, 4.69) is 48.3 Å². The van der Waals surface area contributed by atoms with Gasteiger partial charge in [0.05, 0.1) is 5.69 Å². The molecule has 10 heteroatoms. The van der Waals surface area contributed by atoms with Crippen LogP contribution in [0.15, 0.2) is 72.5 Å². The third-order valence-electron chi connectivity index (χ3n) is 5.76. The van der Waals surface area contributed by atoms with Crippen molar-refractivity contribution in [2.45, 2.75) is 25.7 Å². The fourth-order valence-corrected chi connectivity index (χ4v) is 4.03. The molecule has 1 saturated heterocycles. The zero-order chi connectivity index (χ0) is 28.1. The molecule has 38 heavy (non-hydrogen) atoms. The van der Waals surface area contributed by atoms with E-state index in [9.17, 15) is 19.2 Å². The second-order valence-corrected chi connectivity index (χ2v) is 8.47. The molecule has 1 aliphatic heterocycles. The first-order valence-electron chi connectivity index (χ1n) is 11.8. The van der Waals surface area contributed by atoms with Crippen LogP contribution in [0.2, 0.25) is 0 Å². The van der Waals surface area contributed by atoms with Crippen LogP contribution < -0.4 is 0 Å². The Morgan fingerprint density at radius 2 is 1.18 bits per heavy atom. The molecule has 0 saturated carbocycles. The van der Waals surface area contributed by atoms with Crippen molar-refractivity contribution >= 4 is 29.5 Å². The Kier molecular flexibility index (Phi) is 11.6. The van der Waals surface area contributed by atoms with Gasteiger partial charge in [-0.1, -0.05) is 35.9 Å². The molecule has 4 N–H and O–H groups in total. The number of hydrogen-bond donors (Lipinski definition) is 4. The van der Waals surface area contributed by atoms with E-state index in [1.54, 1.807) is 5.57 Å². The Balaban J connectivity index is 0.000000264. The van der Waals surface area contributed by atoms with Gasteiger partial charge >= 0.3 is 23.9 Å². The van der Waals surface area contributed by atoms with Crippen molar-refractivity contribution in [2.75, 3.05) is 20.1 Å². The molecule has 2 aliphatic rings. The fraction of sp³-hybridized carbons (Fsp3) is 0.250. The van der Waals surface area contributed by atoms with Crippen molar-refractivity contribution in [3.05, 3.63) is 94.9 Å². The number of likely N-dealkylation sites (tertiary alicyclic amines) is 1. The minimum absolute atomic E-state index is 0.558. The van der Waals surface area contributed by atoms with Crippen LogP contribution in [0.1, 0.15) is 35.2 Å². The number of rotatable bonds is 4. The van der Waals surface area contributed by atoms with E-state index in [1.807, 2.05) is 6.20 Å². The van der Waals surface area contributed by atoms with E-state index < -0.39 is 23.9 Å². The Labute approximate surface area is 219 Å². The van der Waals surface area contributed by atoms with Crippen LogP contribution in [0, 0.1) is 0 Å². The van der Waals surface area contributed by atoms with Gasteiger partial charge in [-0.05, 0) is 55.5 Å². The molecule has 1 aliphatic carbocycles. The third-order valence-corrected chi connectivity index (χ3v) is 5.76. The summed E-state index contributed by atoms with van der Waals surface area (Å²) in [5.74, 6) is -5.03. The Hall–Kier alpha value is -4.57. The average molecular weight is 523 g/mol. The summed E-state index contributed by atoms with van der Waals surface area (Å²) in [5.41, 5.74) is 8.54. The van der Waals surface area contributed by atoms with Gasteiger partial charge in [-0.2, -0.15) is 0 Å². The summed E-state index contributed by atoms with van der Waals surface area (Å²) < 4.78 is 0. The molecule has 4 rings (SSSR count). The van der Waals surface area contributed by atoms with Gasteiger partial charge in [0.1, 0.15) is 0 Å². The maximum atomic E-state index is 9.55. The van der Waals surface area contributed by atoms with Crippen LogP contribution in [-0.2, 0) is 32.0 Å². The Bertz CT molecular complexity index is 1140. The van der Waals surface area contributed by atoms with Gasteiger partial charge in [0, 0.05) is 49.2 Å². The molecule has 0 bridgehead atoms. The molecular formula is C28H30N2O8. The van der Waals surface area contributed by atoms with Gasteiger partial charge in [0.25, 0.3) is 0 Å². The normalized spacial score (nSPS) is 14.8. The Morgan fingerprint density at radius 3 is 1.71 bits per heavy atom. The maximum absolute atomic E-state index is 9.55. The summed E-state index contributed by atoms with van der Waals surface area (Å²) in [7, 11) is 2.22. The molecule has 0 spiro atoms. The van der Waals surface area contributed by atoms with Crippen molar-refractivity contribution in [1.82, 2.24) is 9.88 Å². The van der Waals surface area contributed by atoms with E-state index in [0.29, 0.717) is 24.3 Å². The van der Waals surface area contributed by atoms with Gasteiger partial charge in [0.15, 0.2) is 0 Å². The number of aromatic nitrogens is 1. The van der Waals surface area contributed by atoms with Gasteiger partial charge in [-0.25, -0.2) is 19.2 Å². The summed E-state index contributed by atoms with van der Waals surface area (Å²) in [6, 6.07) is 13.2. The first kappa shape index (κ1) is 29.7. The van der Waals surface area contributed by atoms with E-state index in [-0.39, 0.29) is 0 Å². The maximum Gasteiger partial charge on any atom is 0.328 e. The standard InChI is InChI=1S/C20H22N2.2C4H4O4/c1-22-13-10-16(11-14-22)19-18-7-3-2-5-15(18)8-9-17-6-4-12-21-20(17)19;2*5-3(6)1-2-4(7)8/h2-7,12H,8-11,13-14H2,1H3;2*1-2H,(H,5,6)(H,7,8)/b;2*2-1+. The average Bonchev–Trinajstić information content (AvgIpc) is 3.05. The summed E-state index contributed by atoms with van der Waals surface area (Å²) >= 11 is 0. The summed E-state index contributed by atoms with van der Waals surface area (Å²) in [6.07, 6.45) is 8.71. The third kappa shape index (κ3) is 9.82. The highest BCUT2D eigenvalue weighted by Gasteiger charge is 2.23. The lowest BCUT2D eigenvalue weighted by Gasteiger charge is -2.27. The zero-order valence-corrected chi connectivity index (χ0v) is 20.9. The number of carbonyl (C=O) groups is 4. The highest BCUT2D eigenvalue weighted by Crippen LogP contribution is 2.37. The van der Waals surface area contributed by atoms with Crippen LogP contribution in [0.4, 0.5) is 0 Å². The molecule has 0 amide bonds. The molecule has 1 aromatic heterocycles. The van der Waals surface area contributed by atoms with Crippen molar-refractivity contribution in [3.63, 3.8) is 0 Å².